The summed E-state index contributed by atoms with van der Waals surface area (Å²) in [5, 5.41) is 16.4. The molecular weight excluding hydrogens is 450 g/mol. The van der Waals surface area contributed by atoms with Gasteiger partial charge in [0.1, 0.15) is 5.76 Å². The molecule has 3 heterocycles. The van der Waals surface area contributed by atoms with Gasteiger partial charge in [0, 0.05) is 10.8 Å². The van der Waals surface area contributed by atoms with Crippen molar-refractivity contribution in [2.24, 2.45) is 4.99 Å². The van der Waals surface area contributed by atoms with Gasteiger partial charge in [0.05, 0.1) is 24.9 Å². The number of nitrogens with one attached hydrogen (secondary N) is 1. The summed E-state index contributed by atoms with van der Waals surface area (Å²) in [7, 11) is 0. The van der Waals surface area contributed by atoms with E-state index in [1.165, 1.54) is 23.1 Å². The van der Waals surface area contributed by atoms with E-state index in [9.17, 15) is 4.79 Å². The lowest BCUT2D eigenvalue weighted by atomic mass is 9.91. The molecule has 0 radical (unpaired) electrons. The summed E-state index contributed by atoms with van der Waals surface area (Å²) in [4.78, 5) is 16.7. The second-order valence-corrected chi connectivity index (χ2v) is 9.93. The predicted octanol–water partition coefficient (Wildman–Crippen LogP) is 5.49. The molecule has 6 nitrogen and oxygen atoms in total. The summed E-state index contributed by atoms with van der Waals surface area (Å²) in [5.74, 6) is 0.729. The number of aliphatic imine (C=N–C) groups is 1. The van der Waals surface area contributed by atoms with E-state index in [2.05, 4.69) is 31.4 Å². The first-order chi connectivity index (χ1) is 11.7. The number of aryl methyl sites for hydroxylation is 2. The summed E-state index contributed by atoms with van der Waals surface area (Å²) in [5.41, 5.74) is 1.12. The third-order valence-corrected chi connectivity index (χ3v) is 7.36. The summed E-state index contributed by atoms with van der Waals surface area (Å²) in [6.07, 6.45) is -0.496. The van der Waals surface area contributed by atoms with Gasteiger partial charge in [0.2, 0.25) is 0 Å². The number of amides is 1. The Bertz CT molecular complexity index is 847. The molecule has 2 atom stereocenters. The van der Waals surface area contributed by atoms with Crippen LogP contribution in [0.5, 0.6) is 0 Å². The van der Waals surface area contributed by atoms with E-state index in [0.29, 0.717) is 16.6 Å². The second kappa shape index (κ2) is 6.94. The van der Waals surface area contributed by atoms with Gasteiger partial charge in [-0.15, -0.1) is 11.3 Å². The van der Waals surface area contributed by atoms with Gasteiger partial charge in [0.25, 0.3) is 0 Å². The van der Waals surface area contributed by atoms with Crippen molar-refractivity contribution in [3.05, 3.63) is 36.8 Å². The Balaban J connectivity index is 2.07. The molecular formula is C15H15BrClN3O3S2. The lowest BCUT2D eigenvalue weighted by Crippen LogP contribution is -2.35. The molecule has 1 aliphatic heterocycles. The number of halogens is 2. The summed E-state index contributed by atoms with van der Waals surface area (Å²) in [6.45, 7) is 5.71. The largest absolute Gasteiger partial charge is 0.465 e. The average Bonchev–Trinajstić information content (AvgIpc) is 3.00. The molecule has 1 amide bonds. The SMILES string of the molecule is Cc1noc(C)c1[C@@H]1C[C@@](C)(c2sc(Br)cc2Cl)N=C(NC(=O)O)S1. The molecule has 134 valence electrons. The van der Waals surface area contributed by atoms with Gasteiger partial charge in [-0.2, -0.15) is 0 Å². The molecule has 25 heavy (non-hydrogen) atoms. The molecule has 2 N–H and O–H groups in total. The van der Waals surface area contributed by atoms with E-state index in [-0.39, 0.29) is 5.25 Å². The van der Waals surface area contributed by atoms with Crippen LogP contribution in [0.25, 0.3) is 0 Å². The van der Waals surface area contributed by atoms with E-state index in [0.717, 1.165) is 25.7 Å². The number of nitrogens with zero attached hydrogens (tertiary/aromatic N) is 2. The van der Waals surface area contributed by atoms with Crippen molar-refractivity contribution in [1.29, 1.82) is 0 Å². The van der Waals surface area contributed by atoms with Crippen LogP contribution in [-0.4, -0.2) is 21.5 Å². The number of carboxylic acid groups (broad SMARTS) is 1. The fraction of sp³-hybridized carbons (Fsp3) is 0.400. The first kappa shape index (κ1) is 18.8. The number of thioether (sulfide) groups is 1. The number of aromatic nitrogens is 1. The van der Waals surface area contributed by atoms with Crippen LogP contribution in [0.4, 0.5) is 4.79 Å². The van der Waals surface area contributed by atoms with Crippen LogP contribution in [0.15, 0.2) is 19.4 Å². The normalized spacial score (nSPS) is 23.4. The first-order valence-corrected chi connectivity index (χ1v) is 10.2. The molecule has 0 bridgehead atoms. The number of amidine groups is 1. The van der Waals surface area contributed by atoms with Gasteiger partial charge in [-0.25, -0.2) is 9.79 Å². The minimum absolute atomic E-state index is 0.0486. The third kappa shape index (κ3) is 3.74. The van der Waals surface area contributed by atoms with Gasteiger partial charge in [-0.3, -0.25) is 5.32 Å². The highest BCUT2D eigenvalue weighted by Crippen LogP contribution is 2.51. The molecule has 1 aliphatic rings. The Hall–Kier alpha value is -1.03. The molecule has 0 fully saturated rings. The molecule has 3 rings (SSSR count). The molecule has 0 unspecified atom stereocenters. The second-order valence-electron chi connectivity index (χ2n) is 5.90. The van der Waals surface area contributed by atoms with Gasteiger partial charge in [-0.1, -0.05) is 28.5 Å². The van der Waals surface area contributed by atoms with E-state index < -0.39 is 11.6 Å². The maximum absolute atomic E-state index is 11.1. The monoisotopic (exact) mass is 463 g/mol. The van der Waals surface area contributed by atoms with Crippen molar-refractivity contribution in [3.8, 4) is 0 Å². The third-order valence-electron chi connectivity index (χ3n) is 3.96. The summed E-state index contributed by atoms with van der Waals surface area (Å²) < 4.78 is 6.20. The standard InChI is InChI=1S/C15H15BrClN3O3S2/c1-6-11(7(2)23-20-6)9-5-15(3,12-8(17)4-10(16)25-12)19-13(24-9)18-14(21)22/h4,9H,5H2,1-3H3,(H,18,19)(H,21,22)/t9-,15-/m0/s1. The molecule has 0 aromatic carbocycles. The van der Waals surface area contributed by atoms with Crippen LogP contribution in [0.3, 0.4) is 0 Å². The van der Waals surface area contributed by atoms with Gasteiger partial charge < -0.3 is 9.63 Å². The van der Waals surface area contributed by atoms with Gasteiger partial charge >= 0.3 is 6.09 Å². The number of rotatable bonds is 2. The van der Waals surface area contributed by atoms with E-state index in [1.54, 1.807) is 0 Å². The molecule has 0 spiro atoms. The Kier molecular flexibility index (Phi) is 5.21. The zero-order chi connectivity index (χ0) is 18.4. The van der Waals surface area contributed by atoms with E-state index in [1.807, 2.05) is 26.8 Å². The zero-order valence-electron chi connectivity index (χ0n) is 13.6. The van der Waals surface area contributed by atoms with Crippen molar-refractivity contribution in [1.82, 2.24) is 10.5 Å². The van der Waals surface area contributed by atoms with Crippen molar-refractivity contribution in [2.45, 2.75) is 38.0 Å². The Morgan fingerprint density at radius 2 is 2.28 bits per heavy atom. The molecule has 10 heteroatoms. The maximum atomic E-state index is 11.1. The molecule has 0 saturated heterocycles. The molecule has 2 aromatic rings. The lowest BCUT2D eigenvalue weighted by molar-refractivity contribution is 0.200. The number of thiophene rings is 1. The fourth-order valence-electron chi connectivity index (χ4n) is 2.94. The highest BCUT2D eigenvalue weighted by Gasteiger charge is 2.40. The lowest BCUT2D eigenvalue weighted by Gasteiger charge is -2.34. The van der Waals surface area contributed by atoms with Crippen LogP contribution < -0.4 is 5.32 Å². The quantitative estimate of drug-likeness (QED) is 0.614. The smallest absolute Gasteiger partial charge is 0.410 e. The van der Waals surface area contributed by atoms with E-state index >= 15 is 0 Å². The Labute approximate surface area is 166 Å². The molecule has 0 saturated carbocycles. The number of carbonyl (C=O) groups is 1. The first-order valence-electron chi connectivity index (χ1n) is 7.34. The van der Waals surface area contributed by atoms with Gasteiger partial charge in [0.15, 0.2) is 5.17 Å². The average molecular weight is 465 g/mol. The fourth-order valence-corrected chi connectivity index (χ4v) is 6.69. The van der Waals surface area contributed by atoms with Crippen molar-refractivity contribution in [2.75, 3.05) is 0 Å². The van der Waals surface area contributed by atoms with Crippen molar-refractivity contribution < 1.29 is 14.4 Å². The van der Waals surface area contributed by atoms with Crippen LogP contribution in [0.1, 0.15) is 40.5 Å². The molecule has 0 aliphatic carbocycles. The van der Waals surface area contributed by atoms with Crippen molar-refractivity contribution in [3.63, 3.8) is 0 Å². The molecule has 2 aromatic heterocycles. The Morgan fingerprint density at radius 1 is 1.56 bits per heavy atom. The minimum Gasteiger partial charge on any atom is -0.465 e. The predicted molar refractivity (Wildman–Crippen MR) is 104 cm³/mol. The van der Waals surface area contributed by atoms with Crippen molar-refractivity contribution >= 4 is 61.9 Å². The topological polar surface area (TPSA) is 87.7 Å². The summed E-state index contributed by atoms with van der Waals surface area (Å²) in [6, 6.07) is 1.83. The number of hydrogen-bond acceptors (Lipinski definition) is 6. The highest BCUT2D eigenvalue weighted by atomic mass is 79.9. The van der Waals surface area contributed by atoms with Crippen LogP contribution in [0.2, 0.25) is 5.02 Å². The van der Waals surface area contributed by atoms with Crippen LogP contribution in [-0.2, 0) is 5.54 Å². The minimum atomic E-state index is -1.15. The summed E-state index contributed by atoms with van der Waals surface area (Å²) >= 11 is 12.7. The Morgan fingerprint density at radius 3 is 2.80 bits per heavy atom. The van der Waals surface area contributed by atoms with Crippen LogP contribution >= 0.6 is 50.6 Å². The highest BCUT2D eigenvalue weighted by molar-refractivity contribution is 9.11. The van der Waals surface area contributed by atoms with E-state index in [4.69, 9.17) is 21.2 Å². The number of hydrogen-bond donors (Lipinski definition) is 2. The zero-order valence-corrected chi connectivity index (χ0v) is 17.6. The van der Waals surface area contributed by atoms with Gasteiger partial charge in [-0.05, 0) is 49.2 Å². The van der Waals surface area contributed by atoms with Crippen LogP contribution in [0, 0.1) is 13.8 Å². The maximum Gasteiger partial charge on any atom is 0.410 e.